The summed E-state index contributed by atoms with van der Waals surface area (Å²) in [5, 5.41) is 0.504. The minimum atomic E-state index is -3.99. The Kier molecular flexibility index (Phi) is 10.0. The molecule has 12 heavy (non-hydrogen) atoms. The second kappa shape index (κ2) is 7.64. The van der Waals surface area contributed by atoms with Gasteiger partial charge in [-0.05, 0) is 17.4 Å². The van der Waals surface area contributed by atoms with E-state index >= 15 is 0 Å². The number of rotatable bonds is 5. The minimum absolute atomic E-state index is 0. The molecule has 0 amide bonds. The van der Waals surface area contributed by atoms with Gasteiger partial charge >= 0.3 is 29.6 Å². The zero-order chi connectivity index (χ0) is 8.91. The van der Waals surface area contributed by atoms with Crippen LogP contribution in [0, 0.1) is 0 Å². The molecular weight excluding hydrogens is 207 g/mol. The maximum absolute atomic E-state index is 10.1. The number of hydrogen-bond acceptors (Lipinski definition) is 4. The van der Waals surface area contributed by atoms with Crippen LogP contribution >= 0.6 is 11.8 Å². The van der Waals surface area contributed by atoms with E-state index in [4.69, 9.17) is 0 Å². The normalized spacial score (nSPS) is 11.3. The van der Waals surface area contributed by atoms with Gasteiger partial charge in [-0.25, -0.2) is 8.42 Å². The molecule has 0 aromatic carbocycles. The summed E-state index contributed by atoms with van der Waals surface area (Å²) in [7, 11) is -3.99. The van der Waals surface area contributed by atoms with Crippen LogP contribution in [0.2, 0.25) is 0 Å². The number of hydrogen-bond donors (Lipinski definition) is 0. The van der Waals surface area contributed by atoms with Crippen molar-refractivity contribution in [3.63, 3.8) is 0 Å². The SMILES string of the molecule is CC(C)SCCCS(=O)(=O)[O-].[Na+]. The van der Waals surface area contributed by atoms with E-state index in [2.05, 4.69) is 0 Å². The summed E-state index contributed by atoms with van der Waals surface area (Å²) in [6.07, 6.45) is 0.467. The third-order valence-corrected chi connectivity index (χ3v) is 2.97. The van der Waals surface area contributed by atoms with E-state index in [9.17, 15) is 13.0 Å². The first kappa shape index (κ1) is 15.7. The molecule has 0 fully saturated rings. The van der Waals surface area contributed by atoms with E-state index in [0.717, 1.165) is 5.75 Å². The monoisotopic (exact) mass is 220 g/mol. The predicted molar refractivity (Wildman–Crippen MR) is 46.8 cm³/mol. The number of thioether (sulfide) groups is 1. The van der Waals surface area contributed by atoms with E-state index in [1.807, 2.05) is 13.8 Å². The fraction of sp³-hybridized carbons (Fsp3) is 1.00. The molecule has 0 aliphatic heterocycles. The van der Waals surface area contributed by atoms with Crippen molar-refractivity contribution in [1.29, 1.82) is 0 Å². The molecule has 0 heterocycles. The maximum Gasteiger partial charge on any atom is 1.00 e. The van der Waals surface area contributed by atoms with Gasteiger partial charge in [0.15, 0.2) is 0 Å². The summed E-state index contributed by atoms with van der Waals surface area (Å²) < 4.78 is 30.3. The molecule has 0 saturated carbocycles. The first-order valence-electron chi connectivity index (χ1n) is 3.47. The van der Waals surface area contributed by atoms with E-state index in [-0.39, 0.29) is 35.3 Å². The molecule has 0 N–H and O–H groups in total. The molecule has 0 aromatic rings. The zero-order valence-electron chi connectivity index (χ0n) is 7.74. The molecule has 6 heteroatoms. The summed E-state index contributed by atoms with van der Waals surface area (Å²) in [5.74, 6) is 0.520. The van der Waals surface area contributed by atoms with Crippen LogP contribution in [0.15, 0.2) is 0 Å². The van der Waals surface area contributed by atoms with Crippen molar-refractivity contribution in [3.05, 3.63) is 0 Å². The average molecular weight is 220 g/mol. The van der Waals surface area contributed by atoms with Gasteiger partial charge in [-0.1, -0.05) is 13.8 Å². The van der Waals surface area contributed by atoms with Gasteiger partial charge in [0.2, 0.25) is 0 Å². The molecule has 0 rings (SSSR count). The molecule has 0 aliphatic carbocycles. The largest absolute Gasteiger partial charge is 1.00 e. The molecule has 0 unspecified atom stereocenters. The Bertz CT molecular complexity index is 189. The van der Waals surface area contributed by atoms with E-state index < -0.39 is 10.1 Å². The van der Waals surface area contributed by atoms with Crippen LogP contribution in [0.1, 0.15) is 20.3 Å². The molecule has 68 valence electrons. The van der Waals surface area contributed by atoms with Gasteiger partial charge in [0.05, 0.1) is 10.1 Å². The molecule has 0 atom stereocenters. The van der Waals surface area contributed by atoms with Gasteiger partial charge < -0.3 is 4.55 Å². The van der Waals surface area contributed by atoms with Gasteiger partial charge in [-0.2, -0.15) is 11.8 Å². The van der Waals surface area contributed by atoms with E-state index in [1.165, 1.54) is 0 Å². The van der Waals surface area contributed by atoms with Crippen LogP contribution in [0.3, 0.4) is 0 Å². The molecular formula is C6H13NaO3S2. The second-order valence-electron chi connectivity index (χ2n) is 2.53. The van der Waals surface area contributed by atoms with Gasteiger partial charge in [0.1, 0.15) is 0 Å². The Hall–Kier alpha value is 1.26. The van der Waals surface area contributed by atoms with Crippen molar-refractivity contribution >= 4 is 21.9 Å². The fourth-order valence-electron chi connectivity index (χ4n) is 0.555. The summed E-state index contributed by atoms with van der Waals surface area (Å²) in [6, 6.07) is 0. The van der Waals surface area contributed by atoms with Crippen LogP contribution in [-0.4, -0.2) is 29.7 Å². The smallest absolute Gasteiger partial charge is 0.748 e. The van der Waals surface area contributed by atoms with Gasteiger partial charge in [-0.15, -0.1) is 0 Å². The van der Waals surface area contributed by atoms with Gasteiger partial charge in [0.25, 0.3) is 0 Å². The van der Waals surface area contributed by atoms with Crippen molar-refractivity contribution in [2.45, 2.75) is 25.5 Å². The van der Waals surface area contributed by atoms with Crippen molar-refractivity contribution in [1.82, 2.24) is 0 Å². The van der Waals surface area contributed by atoms with Gasteiger partial charge in [-0.3, -0.25) is 0 Å². The van der Waals surface area contributed by atoms with E-state index in [0.29, 0.717) is 11.7 Å². The molecule has 0 aliphatic rings. The van der Waals surface area contributed by atoms with Gasteiger partial charge in [0, 0.05) is 5.75 Å². The summed E-state index contributed by atoms with van der Waals surface area (Å²) >= 11 is 1.67. The predicted octanol–water partition coefficient (Wildman–Crippen LogP) is -1.93. The minimum Gasteiger partial charge on any atom is -0.748 e. The van der Waals surface area contributed by atoms with Crippen molar-refractivity contribution < 1.29 is 42.5 Å². The van der Waals surface area contributed by atoms with Crippen LogP contribution in [0.5, 0.6) is 0 Å². The first-order valence-corrected chi connectivity index (χ1v) is 6.09. The quantitative estimate of drug-likeness (QED) is 0.307. The summed E-state index contributed by atoms with van der Waals surface area (Å²) in [5.41, 5.74) is 0. The molecule has 0 saturated heterocycles. The fourth-order valence-corrected chi connectivity index (χ4v) is 2.02. The second-order valence-corrected chi connectivity index (χ2v) is 5.74. The molecule has 0 spiro atoms. The van der Waals surface area contributed by atoms with Crippen LogP contribution in [-0.2, 0) is 10.1 Å². The molecule has 3 nitrogen and oxygen atoms in total. The van der Waals surface area contributed by atoms with Crippen LogP contribution in [0.4, 0.5) is 0 Å². The van der Waals surface area contributed by atoms with Crippen LogP contribution < -0.4 is 29.6 Å². The standard InChI is InChI=1S/C6H14O3S2.Na/c1-6(2)10-4-3-5-11(7,8)9;/h6H,3-5H2,1-2H3,(H,7,8,9);/q;+1/p-1. The van der Waals surface area contributed by atoms with Crippen LogP contribution in [0.25, 0.3) is 0 Å². The Morgan fingerprint density at radius 2 is 1.92 bits per heavy atom. The first-order chi connectivity index (χ1) is 4.92. The van der Waals surface area contributed by atoms with Crippen molar-refractivity contribution in [2.75, 3.05) is 11.5 Å². The Morgan fingerprint density at radius 3 is 2.25 bits per heavy atom. The Labute approximate surface area is 101 Å². The zero-order valence-corrected chi connectivity index (χ0v) is 11.4. The maximum atomic E-state index is 10.1. The Morgan fingerprint density at radius 1 is 1.42 bits per heavy atom. The van der Waals surface area contributed by atoms with Crippen molar-refractivity contribution in [3.8, 4) is 0 Å². The third-order valence-electron chi connectivity index (χ3n) is 0.990. The molecule has 0 bridgehead atoms. The van der Waals surface area contributed by atoms with Crippen molar-refractivity contribution in [2.24, 2.45) is 0 Å². The molecule has 0 aromatic heterocycles. The molecule has 0 radical (unpaired) electrons. The Balaban J connectivity index is 0. The topological polar surface area (TPSA) is 57.2 Å². The average Bonchev–Trinajstić information content (AvgIpc) is 1.78. The summed E-state index contributed by atoms with van der Waals surface area (Å²) in [4.78, 5) is 0. The van der Waals surface area contributed by atoms with E-state index in [1.54, 1.807) is 11.8 Å². The third kappa shape index (κ3) is 13.8. The summed E-state index contributed by atoms with van der Waals surface area (Å²) in [6.45, 7) is 4.08.